The molecule has 174 valence electrons. The van der Waals surface area contributed by atoms with E-state index in [4.69, 9.17) is 14.6 Å². The molecule has 0 aliphatic carbocycles. The molecular formula is C25H27FNO5P. The smallest absolute Gasteiger partial charge is 0.305 e. The van der Waals surface area contributed by atoms with Crippen LogP contribution in [0.1, 0.15) is 37.4 Å². The summed E-state index contributed by atoms with van der Waals surface area (Å²) in [4.78, 5) is 15.7. The number of halogens is 1. The highest BCUT2D eigenvalue weighted by atomic mass is 31.2. The van der Waals surface area contributed by atoms with Gasteiger partial charge >= 0.3 is 5.97 Å². The first-order valence-electron chi connectivity index (χ1n) is 10.6. The zero-order chi connectivity index (χ0) is 24.2. The van der Waals surface area contributed by atoms with Crippen molar-refractivity contribution in [2.24, 2.45) is 0 Å². The average molecular weight is 471 g/mol. The highest BCUT2D eigenvalue weighted by molar-refractivity contribution is 7.62. The Morgan fingerprint density at radius 1 is 1.18 bits per heavy atom. The molecule has 33 heavy (non-hydrogen) atoms. The Labute approximate surface area is 192 Å². The monoisotopic (exact) mass is 471 g/mol. The van der Waals surface area contributed by atoms with E-state index in [1.807, 2.05) is 38.1 Å². The van der Waals surface area contributed by atoms with Crippen molar-refractivity contribution < 1.29 is 28.5 Å². The van der Waals surface area contributed by atoms with Crippen molar-refractivity contribution in [3.05, 3.63) is 71.4 Å². The fraction of sp³-hybridized carbons (Fsp3) is 0.280. The van der Waals surface area contributed by atoms with Gasteiger partial charge in [0.25, 0.3) is 0 Å². The molecular weight excluding hydrogens is 444 g/mol. The predicted octanol–water partition coefficient (Wildman–Crippen LogP) is 5.90. The number of aliphatic hydroxyl groups excluding tert-OH is 1. The first-order valence-corrected chi connectivity index (χ1v) is 12.4. The van der Waals surface area contributed by atoms with E-state index in [1.165, 1.54) is 25.1 Å². The summed E-state index contributed by atoms with van der Waals surface area (Å²) >= 11 is 0. The predicted molar refractivity (Wildman–Crippen MR) is 128 cm³/mol. The van der Waals surface area contributed by atoms with Crippen LogP contribution in [0.3, 0.4) is 0 Å². The fourth-order valence-electron chi connectivity index (χ4n) is 3.73. The minimum atomic E-state index is -3.49. The largest absolute Gasteiger partial charge is 0.481 e. The molecule has 1 unspecified atom stereocenters. The molecule has 0 fully saturated rings. The van der Waals surface area contributed by atoms with Crippen LogP contribution < -0.4 is 0 Å². The number of aromatic nitrogens is 1. The number of hydrogen-bond donors (Lipinski definition) is 2. The number of nitrogens with zero attached hydrogens (tertiary/aromatic N) is 1. The molecule has 3 rings (SSSR count). The molecule has 0 spiro atoms. The molecule has 0 amide bonds. The van der Waals surface area contributed by atoms with E-state index in [0.29, 0.717) is 5.56 Å². The Bertz CT molecular complexity index is 1220. The van der Waals surface area contributed by atoms with Gasteiger partial charge in [-0.2, -0.15) is 0 Å². The van der Waals surface area contributed by atoms with Gasteiger partial charge in [0.1, 0.15) is 5.82 Å². The normalized spacial score (nSPS) is 14.6. The Morgan fingerprint density at radius 2 is 1.85 bits per heavy atom. The highest BCUT2D eigenvalue weighted by Crippen LogP contribution is 2.50. The van der Waals surface area contributed by atoms with Crippen LogP contribution in [0.2, 0.25) is 0 Å². The molecule has 0 saturated heterocycles. The van der Waals surface area contributed by atoms with E-state index >= 15 is 0 Å². The van der Waals surface area contributed by atoms with E-state index in [2.05, 4.69) is 0 Å². The number of hydrogen-bond acceptors (Lipinski definition) is 5. The number of aliphatic carboxylic acids is 1. The molecule has 0 radical (unpaired) electrons. The molecule has 1 heterocycles. The number of aliphatic hydroxyl groups is 1. The number of carboxylic acid groups (broad SMARTS) is 1. The van der Waals surface area contributed by atoms with Gasteiger partial charge in [0.2, 0.25) is 7.37 Å². The van der Waals surface area contributed by atoms with Crippen molar-refractivity contribution in [2.75, 3.05) is 13.3 Å². The number of carboxylic acids is 1. The van der Waals surface area contributed by atoms with Crippen LogP contribution in [-0.2, 0) is 13.9 Å². The Hall–Kier alpha value is -2.86. The highest BCUT2D eigenvalue weighted by Gasteiger charge is 2.25. The van der Waals surface area contributed by atoms with Gasteiger partial charge in [-0.3, -0.25) is 14.3 Å². The van der Waals surface area contributed by atoms with Crippen LogP contribution >= 0.6 is 7.37 Å². The molecule has 2 atom stereocenters. The summed E-state index contributed by atoms with van der Waals surface area (Å²) in [5, 5.41) is 19.8. The van der Waals surface area contributed by atoms with Crippen molar-refractivity contribution in [2.45, 2.75) is 32.3 Å². The molecule has 0 aliphatic heterocycles. The van der Waals surface area contributed by atoms with Crippen LogP contribution in [0.15, 0.2) is 54.3 Å². The molecule has 2 aromatic carbocycles. The summed E-state index contributed by atoms with van der Waals surface area (Å²) in [6.45, 7) is 3.99. The van der Waals surface area contributed by atoms with Crippen LogP contribution in [0, 0.1) is 5.82 Å². The Balaban J connectivity index is 2.21. The first-order chi connectivity index (χ1) is 15.6. The van der Waals surface area contributed by atoms with Gasteiger partial charge in [-0.05, 0) is 35.8 Å². The van der Waals surface area contributed by atoms with Crippen LogP contribution in [-0.4, -0.2) is 40.5 Å². The summed E-state index contributed by atoms with van der Waals surface area (Å²) in [6.07, 6.45) is -0.508. The van der Waals surface area contributed by atoms with Crippen molar-refractivity contribution in [1.82, 2.24) is 4.98 Å². The molecule has 6 nitrogen and oxygen atoms in total. The van der Waals surface area contributed by atoms with Crippen molar-refractivity contribution >= 4 is 30.3 Å². The van der Waals surface area contributed by atoms with Gasteiger partial charge in [0.05, 0.1) is 29.9 Å². The maximum Gasteiger partial charge on any atom is 0.305 e. The lowest BCUT2D eigenvalue weighted by Gasteiger charge is -2.19. The number of rotatable bonds is 9. The van der Waals surface area contributed by atoms with Gasteiger partial charge in [-0.15, -0.1) is 0 Å². The number of benzene rings is 2. The summed E-state index contributed by atoms with van der Waals surface area (Å²) in [6, 6.07) is 13.8. The number of fused-ring (bicyclic) bond motifs is 1. The van der Waals surface area contributed by atoms with Gasteiger partial charge < -0.3 is 14.7 Å². The molecule has 1 aromatic heterocycles. The van der Waals surface area contributed by atoms with Gasteiger partial charge in [-0.25, -0.2) is 4.39 Å². The van der Waals surface area contributed by atoms with Crippen LogP contribution in [0.25, 0.3) is 28.1 Å². The lowest BCUT2D eigenvalue weighted by molar-refractivity contribution is -0.138. The summed E-state index contributed by atoms with van der Waals surface area (Å²) in [5.41, 5.74) is 3.84. The maximum absolute atomic E-state index is 13.6. The van der Waals surface area contributed by atoms with Gasteiger partial charge in [0.15, 0.2) is 0 Å². The second-order valence-electron chi connectivity index (χ2n) is 8.12. The molecule has 0 bridgehead atoms. The van der Waals surface area contributed by atoms with E-state index in [0.717, 1.165) is 27.7 Å². The zero-order valence-corrected chi connectivity index (χ0v) is 19.6. The second-order valence-corrected chi connectivity index (χ2v) is 10.6. The first kappa shape index (κ1) is 24.8. The number of carbonyl (C=O) groups is 1. The number of pyridine rings is 1. The minimum absolute atomic E-state index is 0.0213. The van der Waals surface area contributed by atoms with Crippen molar-refractivity contribution in [3.8, 4) is 11.1 Å². The van der Waals surface area contributed by atoms with Crippen LogP contribution in [0.5, 0.6) is 0 Å². The van der Waals surface area contributed by atoms with E-state index in [-0.39, 0.29) is 17.9 Å². The minimum Gasteiger partial charge on any atom is -0.481 e. The lowest BCUT2D eigenvalue weighted by atomic mass is 9.91. The summed E-state index contributed by atoms with van der Waals surface area (Å²) in [7, 11) is -2.22. The fourth-order valence-corrected chi connectivity index (χ4v) is 5.21. The number of para-hydroxylation sites is 1. The third-order valence-electron chi connectivity index (χ3n) is 5.29. The van der Waals surface area contributed by atoms with E-state index in [9.17, 15) is 18.9 Å². The topological polar surface area (TPSA) is 96.7 Å². The van der Waals surface area contributed by atoms with Gasteiger partial charge in [0, 0.05) is 29.4 Å². The molecule has 2 N–H and O–H groups in total. The van der Waals surface area contributed by atoms with Crippen molar-refractivity contribution in [1.29, 1.82) is 0 Å². The van der Waals surface area contributed by atoms with Gasteiger partial charge in [-0.1, -0.05) is 44.2 Å². The molecule has 8 heteroatoms. The second kappa shape index (κ2) is 10.4. The lowest BCUT2D eigenvalue weighted by Crippen LogP contribution is -2.17. The molecule has 0 aliphatic rings. The third kappa shape index (κ3) is 5.93. The van der Waals surface area contributed by atoms with Crippen molar-refractivity contribution in [3.63, 3.8) is 0 Å². The average Bonchev–Trinajstić information content (AvgIpc) is 2.76. The Kier molecular flexibility index (Phi) is 7.80. The SMILES string of the molecule is COP(=O)(/C=C/c1c(C(C)C)nc2ccccc2c1-c1ccc(F)cc1)C[C@@H](O)CC(=O)O. The zero-order valence-electron chi connectivity index (χ0n) is 18.7. The summed E-state index contributed by atoms with van der Waals surface area (Å²) < 4.78 is 32.1. The maximum atomic E-state index is 13.6. The van der Waals surface area contributed by atoms with Crippen LogP contribution in [0.4, 0.5) is 4.39 Å². The standard InChI is InChI=1S/C25H27FNO5P/c1-16(2)25-21(12-13-33(31,32-3)15-19(28)14-23(29)30)24(17-8-10-18(26)11-9-17)20-6-4-5-7-22(20)27-25/h4-13,16,19,28H,14-15H2,1-3H3,(H,29,30)/b13-12+/t19-,33?/m0/s1. The Morgan fingerprint density at radius 3 is 2.45 bits per heavy atom. The third-order valence-corrected chi connectivity index (χ3v) is 7.44. The van der Waals surface area contributed by atoms with E-state index in [1.54, 1.807) is 18.2 Å². The molecule has 3 aromatic rings. The molecule has 0 saturated carbocycles. The summed E-state index contributed by atoms with van der Waals surface area (Å²) in [5.74, 6) is -0.126. The van der Waals surface area contributed by atoms with E-state index < -0.39 is 25.9 Å². The quantitative estimate of drug-likeness (QED) is 0.378.